The Labute approximate surface area is 203 Å². The number of rotatable bonds is 8. The van der Waals surface area contributed by atoms with Crippen molar-refractivity contribution in [2.45, 2.75) is 56.0 Å². The van der Waals surface area contributed by atoms with Crippen LogP contribution in [0.3, 0.4) is 0 Å². The van der Waals surface area contributed by atoms with Gasteiger partial charge in [-0.05, 0) is 87.7 Å². The molecule has 0 saturated carbocycles. The van der Waals surface area contributed by atoms with Gasteiger partial charge in [-0.15, -0.1) is 0 Å². The highest BCUT2D eigenvalue weighted by molar-refractivity contribution is 7.89. The number of carbonyl (C=O) groups is 1. The summed E-state index contributed by atoms with van der Waals surface area (Å²) in [5.41, 5.74) is 1.60. The number of likely N-dealkylation sites (tertiary alicyclic amines) is 1. The second-order valence-corrected chi connectivity index (χ2v) is 11.1. The first-order chi connectivity index (χ1) is 16.4. The molecule has 8 heteroatoms. The van der Waals surface area contributed by atoms with Gasteiger partial charge in [-0.1, -0.05) is 18.6 Å². The van der Waals surface area contributed by atoms with Gasteiger partial charge in [-0.2, -0.15) is 4.31 Å². The summed E-state index contributed by atoms with van der Waals surface area (Å²) >= 11 is 0. The highest BCUT2D eigenvalue weighted by Gasteiger charge is 2.31. The Morgan fingerprint density at radius 1 is 1.00 bits per heavy atom. The summed E-state index contributed by atoms with van der Waals surface area (Å²) in [5, 5.41) is 3.06. The Hall–Kier alpha value is -2.42. The van der Waals surface area contributed by atoms with Crippen molar-refractivity contribution in [2.24, 2.45) is 0 Å². The summed E-state index contributed by atoms with van der Waals surface area (Å²) in [6.45, 7) is 5.01. The highest BCUT2D eigenvalue weighted by Crippen LogP contribution is 2.27. The largest absolute Gasteiger partial charge is 0.497 e. The Kier molecular flexibility index (Phi) is 7.91. The second kappa shape index (κ2) is 10.9. The maximum Gasteiger partial charge on any atom is 0.251 e. The Morgan fingerprint density at radius 2 is 1.65 bits per heavy atom. The number of benzene rings is 2. The van der Waals surface area contributed by atoms with Crippen LogP contribution in [0.1, 0.15) is 61.0 Å². The summed E-state index contributed by atoms with van der Waals surface area (Å²) in [4.78, 5) is 15.5. The first kappa shape index (κ1) is 24.7. The van der Waals surface area contributed by atoms with Crippen molar-refractivity contribution in [2.75, 3.05) is 33.3 Å². The molecule has 0 aromatic heterocycles. The number of hydrogen-bond donors (Lipinski definition) is 1. The van der Waals surface area contributed by atoms with Crippen LogP contribution in [-0.2, 0) is 10.0 Å². The lowest BCUT2D eigenvalue weighted by atomic mass is 10.0. The quantitative estimate of drug-likeness (QED) is 0.615. The predicted octanol–water partition coefficient (Wildman–Crippen LogP) is 3.83. The number of amides is 1. The van der Waals surface area contributed by atoms with Crippen molar-refractivity contribution in [3.05, 3.63) is 59.7 Å². The average Bonchev–Trinajstić information content (AvgIpc) is 3.39. The van der Waals surface area contributed by atoms with E-state index in [0.717, 1.165) is 56.5 Å². The third kappa shape index (κ3) is 5.45. The molecule has 7 nitrogen and oxygen atoms in total. The molecule has 0 aliphatic carbocycles. The van der Waals surface area contributed by atoms with Crippen molar-refractivity contribution in [1.82, 2.24) is 14.5 Å². The molecule has 2 aromatic carbocycles. The lowest BCUT2D eigenvalue weighted by Crippen LogP contribution is -2.41. The molecule has 1 N–H and O–H groups in total. The van der Waals surface area contributed by atoms with Crippen molar-refractivity contribution < 1.29 is 17.9 Å². The van der Waals surface area contributed by atoms with Crippen molar-refractivity contribution in [1.29, 1.82) is 0 Å². The maximum absolute atomic E-state index is 13.1. The summed E-state index contributed by atoms with van der Waals surface area (Å²) < 4.78 is 33.0. The predicted molar refractivity (Wildman–Crippen MR) is 133 cm³/mol. The summed E-state index contributed by atoms with van der Waals surface area (Å²) in [5.74, 6) is 0.606. The standard InChI is InChI=1S/C26H35N3O4S/c1-20-7-3-4-18-29(20)34(31,32)24-14-10-22(11-15-24)26(30)27-19-25(28-16-5-6-17-28)21-8-12-23(33-2)13-9-21/h8-15,20,25H,3-7,16-19H2,1-2H3,(H,27,30). The number of sulfonamides is 1. The SMILES string of the molecule is COc1ccc(C(CNC(=O)c2ccc(S(=O)(=O)N3CCCCC3C)cc2)N2CCCC2)cc1. The monoisotopic (exact) mass is 485 g/mol. The molecule has 2 atom stereocenters. The summed E-state index contributed by atoms with van der Waals surface area (Å²) in [6.07, 6.45) is 5.14. The van der Waals surface area contributed by atoms with E-state index in [0.29, 0.717) is 18.7 Å². The molecule has 0 bridgehead atoms. The lowest BCUT2D eigenvalue weighted by molar-refractivity contribution is 0.0937. The average molecular weight is 486 g/mol. The minimum absolute atomic E-state index is 0.00204. The molecule has 2 fully saturated rings. The normalized spacial score (nSPS) is 20.7. The van der Waals surface area contributed by atoms with Gasteiger partial charge in [0.2, 0.25) is 10.0 Å². The number of carbonyl (C=O) groups excluding carboxylic acids is 1. The first-order valence-corrected chi connectivity index (χ1v) is 13.6. The van der Waals surface area contributed by atoms with E-state index in [1.165, 1.54) is 0 Å². The smallest absolute Gasteiger partial charge is 0.251 e. The molecule has 2 unspecified atom stereocenters. The lowest BCUT2D eigenvalue weighted by Gasteiger charge is -2.32. The Balaban J connectivity index is 1.43. The number of piperidine rings is 1. The van der Waals surface area contributed by atoms with Gasteiger partial charge in [-0.25, -0.2) is 8.42 Å². The molecule has 0 radical (unpaired) electrons. The molecule has 1 amide bonds. The van der Waals surface area contributed by atoms with Crippen LogP contribution in [0, 0.1) is 0 Å². The molecule has 2 heterocycles. The number of nitrogens with one attached hydrogen (secondary N) is 1. The zero-order valence-corrected chi connectivity index (χ0v) is 20.9. The number of methoxy groups -OCH3 is 1. The van der Waals surface area contributed by atoms with E-state index in [4.69, 9.17) is 4.74 Å². The van der Waals surface area contributed by atoms with E-state index in [1.807, 2.05) is 19.1 Å². The van der Waals surface area contributed by atoms with Gasteiger partial charge in [0.05, 0.1) is 18.0 Å². The van der Waals surface area contributed by atoms with Crippen LogP contribution in [0.4, 0.5) is 0 Å². The van der Waals surface area contributed by atoms with E-state index in [2.05, 4.69) is 22.3 Å². The topological polar surface area (TPSA) is 78.9 Å². The molecule has 2 saturated heterocycles. The third-order valence-electron chi connectivity index (χ3n) is 7.00. The molecule has 34 heavy (non-hydrogen) atoms. The van der Waals surface area contributed by atoms with Crippen molar-refractivity contribution in [3.63, 3.8) is 0 Å². The molecule has 184 valence electrons. The van der Waals surface area contributed by atoms with E-state index >= 15 is 0 Å². The van der Waals surface area contributed by atoms with Crippen LogP contribution in [0.25, 0.3) is 0 Å². The molecule has 0 spiro atoms. The zero-order valence-electron chi connectivity index (χ0n) is 20.1. The van der Waals surface area contributed by atoms with E-state index in [9.17, 15) is 13.2 Å². The van der Waals surface area contributed by atoms with Crippen LogP contribution in [0.5, 0.6) is 5.75 Å². The number of nitrogens with zero attached hydrogens (tertiary/aromatic N) is 2. The van der Waals surface area contributed by atoms with Crippen molar-refractivity contribution >= 4 is 15.9 Å². The van der Waals surface area contributed by atoms with Gasteiger partial charge in [0.15, 0.2) is 0 Å². The van der Waals surface area contributed by atoms with E-state index in [-0.39, 0.29) is 22.9 Å². The van der Waals surface area contributed by atoms with E-state index < -0.39 is 10.0 Å². The fourth-order valence-electron chi connectivity index (χ4n) is 4.97. The second-order valence-electron chi connectivity index (χ2n) is 9.23. The highest BCUT2D eigenvalue weighted by atomic mass is 32.2. The Bertz CT molecular complexity index is 1060. The van der Waals surface area contributed by atoms with E-state index in [1.54, 1.807) is 35.7 Å². The minimum atomic E-state index is -3.55. The number of ether oxygens (including phenoxy) is 1. The first-order valence-electron chi connectivity index (χ1n) is 12.2. The van der Waals surface area contributed by atoms with Gasteiger partial charge >= 0.3 is 0 Å². The molecule has 4 rings (SSSR count). The van der Waals surface area contributed by atoms with Crippen LogP contribution in [-0.4, -0.2) is 62.9 Å². The molecular formula is C26H35N3O4S. The Morgan fingerprint density at radius 3 is 2.26 bits per heavy atom. The maximum atomic E-state index is 13.1. The van der Waals surface area contributed by atoms with Gasteiger partial charge in [0.1, 0.15) is 5.75 Å². The van der Waals surface area contributed by atoms with Crippen LogP contribution >= 0.6 is 0 Å². The number of hydrogen-bond acceptors (Lipinski definition) is 5. The van der Waals surface area contributed by atoms with Crippen LogP contribution < -0.4 is 10.1 Å². The van der Waals surface area contributed by atoms with Gasteiger partial charge in [-0.3, -0.25) is 9.69 Å². The van der Waals surface area contributed by atoms with Gasteiger partial charge < -0.3 is 10.1 Å². The van der Waals surface area contributed by atoms with Crippen LogP contribution in [0.2, 0.25) is 0 Å². The third-order valence-corrected chi connectivity index (χ3v) is 9.03. The zero-order chi connectivity index (χ0) is 24.1. The fourth-order valence-corrected chi connectivity index (χ4v) is 6.67. The van der Waals surface area contributed by atoms with Gasteiger partial charge in [0.25, 0.3) is 5.91 Å². The minimum Gasteiger partial charge on any atom is -0.497 e. The summed E-state index contributed by atoms with van der Waals surface area (Å²) in [6, 6.07) is 14.4. The fraction of sp³-hybridized carbons (Fsp3) is 0.500. The van der Waals surface area contributed by atoms with Crippen LogP contribution in [0.15, 0.2) is 53.4 Å². The molecule has 2 aromatic rings. The summed E-state index contributed by atoms with van der Waals surface area (Å²) in [7, 11) is -1.90. The molecule has 2 aliphatic heterocycles. The van der Waals surface area contributed by atoms with Crippen molar-refractivity contribution in [3.8, 4) is 5.75 Å². The van der Waals surface area contributed by atoms with Gasteiger partial charge in [0, 0.05) is 24.7 Å². The molecule has 2 aliphatic rings. The molecular weight excluding hydrogens is 450 g/mol.